The molecule has 0 aliphatic carbocycles. The van der Waals surface area contributed by atoms with E-state index in [9.17, 15) is 9.18 Å². The van der Waals surface area contributed by atoms with Gasteiger partial charge in [0.15, 0.2) is 5.82 Å². The zero-order valence-electron chi connectivity index (χ0n) is 19.3. The Bertz CT molecular complexity index is 1330. The van der Waals surface area contributed by atoms with Crippen LogP contribution in [0.25, 0.3) is 11.4 Å². The van der Waals surface area contributed by atoms with Crippen LogP contribution in [0.2, 0.25) is 5.02 Å². The molecule has 4 aromatic rings. The molecule has 0 bridgehead atoms. The fourth-order valence-corrected chi connectivity index (χ4v) is 4.37. The Morgan fingerprint density at radius 1 is 1.09 bits per heavy atom. The third-order valence-electron chi connectivity index (χ3n) is 5.80. The first-order valence-corrected chi connectivity index (χ1v) is 11.5. The number of aromatic nitrogens is 3. The predicted molar refractivity (Wildman–Crippen MR) is 132 cm³/mol. The normalized spacial score (nSPS) is 12.2. The standard InChI is InChI=1S/C27H26ClFN4O/c1-16(2)24(21-13-17(3)9-11-20(21)25(30)34)27-31-26(22-14-19(28)10-12-23(22)29)32-33(27)15-18-7-5-4-6-8-18/h4-14,16,24H,15H2,1-3H3,(H2,30,34)/t24-/m1/s1. The van der Waals surface area contributed by atoms with E-state index in [1.165, 1.54) is 18.2 Å². The molecule has 0 aliphatic rings. The number of carbonyl (C=O) groups is 1. The fraction of sp³-hybridized carbons (Fsp3) is 0.222. The summed E-state index contributed by atoms with van der Waals surface area (Å²) in [6.07, 6.45) is 0. The fourth-order valence-electron chi connectivity index (χ4n) is 4.20. The van der Waals surface area contributed by atoms with Gasteiger partial charge in [-0.15, -0.1) is 0 Å². The number of rotatable bonds is 7. The second kappa shape index (κ2) is 9.77. The van der Waals surface area contributed by atoms with E-state index in [-0.39, 0.29) is 23.2 Å². The van der Waals surface area contributed by atoms with Gasteiger partial charge >= 0.3 is 0 Å². The van der Waals surface area contributed by atoms with Crippen LogP contribution in [0.5, 0.6) is 0 Å². The summed E-state index contributed by atoms with van der Waals surface area (Å²) in [6, 6.07) is 19.7. The van der Waals surface area contributed by atoms with Gasteiger partial charge in [0, 0.05) is 16.5 Å². The van der Waals surface area contributed by atoms with Crippen molar-refractivity contribution in [1.29, 1.82) is 0 Å². The topological polar surface area (TPSA) is 73.8 Å². The minimum absolute atomic E-state index is 0.0516. The van der Waals surface area contributed by atoms with E-state index >= 15 is 0 Å². The van der Waals surface area contributed by atoms with Crippen LogP contribution >= 0.6 is 11.6 Å². The molecule has 0 unspecified atom stereocenters. The van der Waals surface area contributed by atoms with Crippen molar-refractivity contribution in [2.75, 3.05) is 0 Å². The molecular weight excluding hydrogens is 451 g/mol. The summed E-state index contributed by atoms with van der Waals surface area (Å²) in [6.45, 7) is 6.51. The van der Waals surface area contributed by atoms with Crippen LogP contribution in [0.4, 0.5) is 4.39 Å². The summed E-state index contributed by atoms with van der Waals surface area (Å²) in [4.78, 5) is 17.1. The SMILES string of the molecule is Cc1ccc(C(N)=O)c([C@H](c2nc(-c3cc(Cl)ccc3F)nn2Cc2ccccc2)C(C)C)c1. The van der Waals surface area contributed by atoms with Gasteiger partial charge in [0.2, 0.25) is 5.91 Å². The van der Waals surface area contributed by atoms with Crippen LogP contribution in [0, 0.1) is 18.7 Å². The summed E-state index contributed by atoms with van der Waals surface area (Å²) < 4.78 is 16.5. The Labute approximate surface area is 203 Å². The summed E-state index contributed by atoms with van der Waals surface area (Å²) in [5.41, 5.74) is 9.20. The molecule has 7 heteroatoms. The van der Waals surface area contributed by atoms with Crippen molar-refractivity contribution in [2.45, 2.75) is 33.2 Å². The van der Waals surface area contributed by atoms with Gasteiger partial charge in [-0.05, 0) is 48.2 Å². The maximum atomic E-state index is 14.7. The van der Waals surface area contributed by atoms with Gasteiger partial charge in [-0.3, -0.25) is 4.79 Å². The van der Waals surface area contributed by atoms with Crippen LogP contribution in [0.3, 0.4) is 0 Å². The lowest BCUT2D eigenvalue weighted by atomic mass is 9.83. The molecule has 1 heterocycles. The predicted octanol–water partition coefficient (Wildman–Crippen LogP) is 5.98. The van der Waals surface area contributed by atoms with Gasteiger partial charge in [0.25, 0.3) is 0 Å². The molecule has 0 saturated carbocycles. The Hall–Kier alpha value is -3.51. The number of benzene rings is 3. The highest BCUT2D eigenvalue weighted by Crippen LogP contribution is 2.35. The Balaban J connectivity index is 1.94. The van der Waals surface area contributed by atoms with Crippen LogP contribution in [-0.4, -0.2) is 20.7 Å². The van der Waals surface area contributed by atoms with E-state index in [0.29, 0.717) is 23.0 Å². The lowest BCUT2D eigenvalue weighted by Crippen LogP contribution is -2.22. The number of aryl methyl sites for hydroxylation is 1. The van der Waals surface area contributed by atoms with Crippen molar-refractivity contribution < 1.29 is 9.18 Å². The molecule has 174 valence electrons. The molecule has 0 radical (unpaired) electrons. The zero-order valence-corrected chi connectivity index (χ0v) is 20.1. The molecule has 2 N–H and O–H groups in total. The lowest BCUT2D eigenvalue weighted by molar-refractivity contribution is 0.0999. The maximum absolute atomic E-state index is 14.7. The van der Waals surface area contributed by atoms with Crippen molar-refractivity contribution >= 4 is 17.5 Å². The minimum atomic E-state index is -0.504. The van der Waals surface area contributed by atoms with Crippen LogP contribution in [0.15, 0.2) is 66.7 Å². The quantitative estimate of drug-likeness (QED) is 0.356. The number of amides is 1. The van der Waals surface area contributed by atoms with Gasteiger partial charge in [0.1, 0.15) is 11.6 Å². The largest absolute Gasteiger partial charge is 0.366 e. The summed E-state index contributed by atoms with van der Waals surface area (Å²) in [7, 11) is 0. The molecule has 5 nitrogen and oxygen atoms in total. The van der Waals surface area contributed by atoms with E-state index in [0.717, 1.165) is 16.7 Å². The van der Waals surface area contributed by atoms with Crippen LogP contribution < -0.4 is 5.73 Å². The third kappa shape index (κ3) is 4.87. The van der Waals surface area contributed by atoms with Crippen molar-refractivity contribution in [3.05, 3.63) is 106 Å². The molecule has 3 aromatic carbocycles. The molecule has 0 saturated heterocycles. The average molecular weight is 477 g/mol. The summed E-state index contributed by atoms with van der Waals surface area (Å²) >= 11 is 6.14. The van der Waals surface area contributed by atoms with Gasteiger partial charge < -0.3 is 5.73 Å². The van der Waals surface area contributed by atoms with E-state index in [2.05, 4.69) is 13.8 Å². The number of primary amides is 1. The number of nitrogens with two attached hydrogens (primary N) is 1. The van der Waals surface area contributed by atoms with E-state index < -0.39 is 11.7 Å². The first-order chi connectivity index (χ1) is 16.2. The molecule has 4 rings (SSSR count). The van der Waals surface area contributed by atoms with E-state index in [4.69, 9.17) is 27.4 Å². The van der Waals surface area contributed by atoms with Gasteiger partial charge in [-0.25, -0.2) is 14.1 Å². The van der Waals surface area contributed by atoms with Crippen LogP contribution in [-0.2, 0) is 6.54 Å². The second-order valence-corrected chi connectivity index (χ2v) is 9.17. The van der Waals surface area contributed by atoms with E-state index in [1.807, 2.05) is 49.4 Å². The Morgan fingerprint density at radius 3 is 2.50 bits per heavy atom. The monoisotopic (exact) mass is 476 g/mol. The highest BCUT2D eigenvalue weighted by molar-refractivity contribution is 6.30. The lowest BCUT2D eigenvalue weighted by Gasteiger charge is -2.23. The first kappa shape index (κ1) is 23.6. The van der Waals surface area contributed by atoms with Crippen molar-refractivity contribution in [1.82, 2.24) is 14.8 Å². The molecule has 1 atom stereocenters. The number of hydrogen-bond donors (Lipinski definition) is 1. The second-order valence-electron chi connectivity index (χ2n) is 8.74. The number of carbonyl (C=O) groups excluding carboxylic acids is 1. The maximum Gasteiger partial charge on any atom is 0.249 e. The smallest absolute Gasteiger partial charge is 0.249 e. The highest BCUT2D eigenvalue weighted by atomic mass is 35.5. The third-order valence-corrected chi connectivity index (χ3v) is 6.03. The molecule has 0 spiro atoms. The van der Waals surface area contributed by atoms with Gasteiger partial charge in [0.05, 0.1) is 12.1 Å². The van der Waals surface area contributed by atoms with E-state index in [1.54, 1.807) is 10.7 Å². The number of hydrogen-bond acceptors (Lipinski definition) is 3. The molecule has 0 aliphatic heterocycles. The number of nitrogens with zero attached hydrogens (tertiary/aromatic N) is 3. The molecule has 1 amide bonds. The number of halogens is 2. The molecule has 1 aromatic heterocycles. The summed E-state index contributed by atoms with van der Waals surface area (Å²) in [5.74, 6) is -0.338. The Morgan fingerprint density at radius 2 is 1.82 bits per heavy atom. The zero-order chi connectivity index (χ0) is 24.4. The molecule has 34 heavy (non-hydrogen) atoms. The van der Waals surface area contributed by atoms with Gasteiger partial charge in [-0.2, -0.15) is 5.10 Å². The first-order valence-electron chi connectivity index (χ1n) is 11.1. The van der Waals surface area contributed by atoms with Crippen molar-refractivity contribution in [2.24, 2.45) is 11.7 Å². The molecule has 0 fully saturated rings. The molecular formula is C27H26ClFN4O. The summed E-state index contributed by atoms with van der Waals surface area (Å²) in [5, 5.41) is 5.09. The van der Waals surface area contributed by atoms with Crippen molar-refractivity contribution in [3.8, 4) is 11.4 Å². The van der Waals surface area contributed by atoms with Crippen molar-refractivity contribution in [3.63, 3.8) is 0 Å². The highest BCUT2D eigenvalue weighted by Gasteiger charge is 2.29. The minimum Gasteiger partial charge on any atom is -0.366 e. The average Bonchev–Trinajstić information content (AvgIpc) is 3.18. The van der Waals surface area contributed by atoms with Crippen LogP contribution in [0.1, 0.15) is 52.6 Å². The Kier molecular flexibility index (Phi) is 6.80. The van der Waals surface area contributed by atoms with Gasteiger partial charge in [-0.1, -0.05) is 73.5 Å².